The Labute approximate surface area is 180 Å². The van der Waals surface area contributed by atoms with Gasteiger partial charge in [0, 0.05) is 12.2 Å². The first-order chi connectivity index (χ1) is 14.6. The van der Waals surface area contributed by atoms with Crippen molar-refractivity contribution in [1.29, 1.82) is 0 Å². The monoisotopic (exact) mass is 421 g/mol. The number of anilines is 1. The Hall–Kier alpha value is -3.66. The Kier molecular flexibility index (Phi) is 6.11. The van der Waals surface area contributed by atoms with Gasteiger partial charge in [-0.15, -0.1) is 6.42 Å². The van der Waals surface area contributed by atoms with Crippen molar-refractivity contribution in [2.75, 3.05) is 11.4 Å². The van der Waals surface area contributed by atoms with Crippen LogP contribution in [0.1, 0.15) is 42.5 Å². The van der Waals surface area contributed by atoms with Crippen molar-refractivity contribution >= 4 is 22.6 Å². The van der Waals surface area contributed by atoms with Crippen LogP contribution in [0.4, 0.5) is 10.1 Å². The Morgan fingerprint density at radius 1 is 1.26 bits per heavy atom. The predicted octanol–water partition coefficient (Wildman–Crippen LogP) is 3.97. The molecule has 0 aliphatic carbocycles. The van der Waals surface area contributed by atoms with Crippen LogP contribution in [0.15, 0.2) is 41.2 Å². The molecule has 3 rings (SSSR count). The lowest BCUT2D eigenvalue weighted by atomic mass is 10.1. The molecule has 0 saturated carbocycles. The topological polar surface area (TPSA) is 75.3 Å². The number of aromatic nitrogens is 2. The third-order valence-corrected chi connectivity index (χ3v) is 4.48. The van der Waals surface area contributed by atoms with Crippen molar-refractivity contribution in [3.8, 4) is 12.3 Å². The average Bonchev–Trinajstić information content (AvgIpc) is 2.66. The summed E-state index contributed by atoms with van der Waals surface area (Å²) in [4.78, 5) is 33.2. The number of carbonyl (C=O) groups excluding carboxylic acids is 1. The maximum absolute atomic E-state index is 14.7. The molecule has 160 valence electrons. The summed E-state index contributed by atoms with van der Waals surface area (Å²) in [7, 11) is 0. The average molecular weight is 421 g/mol. The molecule has 2 aromatic carbocycles. The molecular weight excluding hydrogens is 397 g/mol. The number of rotatable bonds is 5. The second-order valence-electron chi connectivity index (χ2n) is 8.23. The van der Waals surface area contributed by atoms with Crippen molar-refractivity contribution in [2.45, 2.75) is 39.8 Å². The number of hydrogen-bond donors (Lipinski definition) is 1. The number of esters is 1. The van der Waals surface area contributed by atoms with E-state index < -0.39 is 17.4 Å². The van der Waals surface area contributed by atoms with E-state index in [1.807, 2.05) is 6.07 Å². The van der Waals surface area contributed by atoms with Crippen LogP contribution in [0.5, 0.6) is 0 Å². The number of fused-ring (bicyclic) bond motifs is 1. The highest BCUT2D eigenvalue weighted by atomic mass is 19.1. The number of hydrogen-bond acceptors (Lipinski definition) is 5. The van der Waals surface area contributed by atoms with Crippen molar-refractivity contribution in [1.82, 2.24) is 9.97 Å². The molecule has 0 spiro atoms. The van der Waals surface area contributed by atoms with E-state index in [2.05, 4.69) is 15.9 Å². The molecule has 3 aromatic rings. The van der Waals surface area contributed by atoms with Crippen molar-refractivity contribution in [2.24, 2.45) is 0 Å². The van der Waals surface area contributed by atoms with E-state index in [0.29, 0.717) is 29.0 Å². The van der Waals surface area contributed by atoms with E-state index in [-0.39, 0.29) is 17.7 Å². The molecule has 0 radical (unpaired) electrons. The van der Waals surface area contributed by atoms with Crippen molar-refractivity contribution in [3.05, 3.63) is 69.5 Å². The number of aryl methyl sites for hydroxylation is 1. The number of benzene rings is 2. The molecule has 31 heavy (non-hydrogen) atoms. The van der Waals surface area contributed by atoms with Gasteiger partial charge in [0.25, 0.3) is 5.56 Å². The van der Waals surface area contributed by atoms with E-state index in [0.717, 1.165) is 5.56 Å². The Morgan fingerprint density at radius 2 is 2.00 bits per heavy atom. The number of nitrogens with zero attached hydrogens (tertiary/aromatic N) is 2. The van der Waals surface area contributed by atoms with Crippen molar-refractivity contribution < 1.29 is 13.9 Å². The molecule has 6 nitrogen and oxygen atoms in total. The number of nitrogens with one attached hydrogen (secondary N) is 1. The molecule has 0 amide bonds. The molecule has 0 saturated heterocycles. The zero-order valence-electron chi connectivity index (χ0n) is 18.0. The third kappa shape index (κ3) is 5.28. The lowest BCUT2D eigenvalue weighted by Gasteiger charge is -2.24. The van der Waals surface area contributed by atoms with Gasteiger partial charge in [-0.25, -0.2) is 14.2 Å². The first kappa shape index (κ1) is 22.0. The van der Waals surface area contributed by atoms with E-state index in [1.54, 1.807) is 50.8 Å². The quantitative estimate of drug-likeness (QED) is 0.498. The van der Waals surface area contributed by atoms with Gasteiger partial charge in [0.2, 0.25) is 0 Å². The van der Waals surface area contributed by atoms with Gasteiger partial charge in [0.15, 0.2) is 0 Å². The van der Waals surface area contributed by atoms with Crippen LogP contribution in [0, 0.1) is 25.1 Å². The maximum atomic E-state index is 14.7. The fraction of sp³-hybridized carbons (Fsp3) is 0.292. The minimum absolute atomic E-state index is 0.141. The fourth-order valence-corrected chi connectivity index (χ4v) is 3.17. The van der Waals surface area contributed by atoms with Crippen LogP contribution in [0.25, 0.3) is 10.9 Å². The summed E-state index contributed by atoms with van der Waals surface area (Å²) >= 11 is 0. The molecule has 1 aromatic heterocycles. The lowest BCUT2D eigenvalue weighted by molar-refractivity contribution is 0.00647. The summed E-state index contributed by atoms with van der Waals surface area (Å²) < 4.78 is 19.9. The second kappa shape index (κ2) is 8.60. The van der Waals surface area contributed by atoms with Gasteiger partial charge in [0.1, 0.15) is 17.2 Å². The highest BCUT2D eigenvalue weighted by Crippen LogP contribution is 2.23. The molecule has 0 atom stereocenters. The fourth-order valence-electron chi connectivity index (χ4n) is 3.17. The summed E-state index contributed by atoms with van der Waals surface area (Å²) in [6.45, 7) is 7.44. The molecule has 1 N–H and O–H groups in total. The van der Waals surface area contributed by atoms with Gasteiger partial charge in [-0.05, 0) is 63.6 Å². The highest BCUT2D eigenvalue weighted by molar-refractivity contribution is 5.90. The van der Waals surface area contributed by atoms with Gasteiger partial charge in [-0.1, -0.05) is 12.0 Å². The second-order valence-corrected chi connectivity index (χ2v) is 8.23. The molecule has 0 aliphatic rings. The van der Waals surface area contributed by atoms with Crippen LogP contribution in [-0.2, 0) is 11.3 Å². The first-order valence-corrected chi connectivity index (χ1v) is 9.78. The summed E-state index contributed by atoms with van der Waals surface area (Å²) in [6, 6.07) is 9.64. The van der Waals surface area contributed by atoms with E-state index in [4.69, 9.17) is 11.2 Å². The Bertz CT molecular complexity index is 1240. The van der Waals surface area contributed by atoms with Crippen LogP contribution in [0.2, 0.25) is 0 Å². The molecule has 0 aliphatic heterocycles. The summed E-state index contributed by atoms with van der Waals surface area (Å²) in [5, 5.41) is 0.468. The lowest BCUT2D eigenvalue weighted by Crippen LogP contribution is -2.25. The minimum atomic E-state index is -0.725. The smallest absolute Gasteiger partial charge is 0.341 e. The summed E-state index contributed by atoms with van der Waals surface area (Å²) in [5.41, 5.74) is 0.841. The van der Waals surface area contributed by atoms with Gasteiger partial charge >= 0.3 is 5.97 Å². The number of H-pyrrole nitrogens is 1. The molecule has 0 fully saturated rings. The number of aromatic amines is 1. The zero-order valence-corrected chi connectivity index (χ0v) is 18.0. The van der Waals surface area contributed by atoms with Crippen LogP contribution < -0.4 is 10.5 Å². The predicted molar refractivity (Wildman–Crippen MR) is 119 cm³/mol. The van der Waals surface area contributed by atoms with E-state index in [1.165, 1.54) is 12.1 Å². The molecular formula is C24H24FN3O3. The zero-order chi connectivity index (χ0) is 22.8. The summed E-state index contributed by atoms with van der Waals surface area (Å²) in [5.74, 6) is 1.69. The molecule has 0 bridgehead atoms. The minimum Gasteiger partial charge on any atom is -0.456 e. The van der Waals surface area contributed by atoms with Crippen LogP contribution >= 0.6 is 0 Å². The maximum Gasteiger partial charge on any atom is 0.341 e. The number of ether oxygens (including phenoxy) is 1. The Balaban J connectivity index is 1.90. The standard InChI is InChI=1S/C24H24FN3O3/c1-6-11-28(14-16-7-10-21-19(12-16)22(29)27-15(2)26-21)17-8-9-18(20(25)13-17)23(30)31-24(3,4)5/h1,7-10,12-13H,11,14H2,2-5H3,(H,26,27,29). The number of terminal acetylenes is 1. The van der Waals surface area contributed by atoms with Crippen molar-refractivity contribution in [3.63, 3.8) is 0 Å². The SMILES string of the molecule is C#CCN(Cc1ccc2nc(C)[nH]c(=O)c2c1)c1ccc(C(=O)OC(C)(C)C)c(F)c1. The molecule has 1 heterocycles. The van der Waals surface area contributed by atoms with Crippen LogP contribution in [0.3, 0.4) is 0 Å². The number of carbonyl (C=O) groups is 1. The van der Waals surface area contributed by atoms with Gasteiger partial charge in [0.05, 0.1) is 23.0 Å². The third-order valence-electron chi connectivity index (χ3n) is 4.48. The molecule has 0 unspecified atom stereocenters. The highest BCUT2D eigenvalue weighted by Gasteiger charge is 2.21. The van der Waals surface area contributed by atoms with Gasteiger partial charge in [-0.2, -0.15) is 0 Å². The Morgan fingerprint density at radius 3 is 2.65 bits per heavy atom. The van der Waals surface area contributed by atoms with E-state index in [9.17, 15) is 14.0 Å². The van der Waals surface area contributed by atoms with Gasteiger partial charge < -0.3 is 14.6 Å². The summed E-state index contributed by atoms with van der Waals surface area (Å²) in [6.07, 6.45) is 5.51. The first-order valence-electron chi connectivity index (χ1n) is 9.78. The largest absolute Gasteiger partial charge is 0.456 e. The number of halogens is 1. The van der Waals surface area contributed by atoms with E-state index >= 15 is 0 Å². The molecule has 7 heteroatoms. The van der Waals surface area contributed by atoms with Crippen LogP contribution in [-0.4, -0.2) is 28.1 Å². The normalized spacial score (nSPS) is 11.2. The van der Waals surface area contributed by atoms with Gasteiger partial charge in [-0.3, -0.25) is 4.79 Å².